The van der Waals surface area contributed by atoms with Crippen molar-refractivity contribution in [3.05, 3.63) is 11.3 Å². The van der Waals surface area contributed by atoms with E-state index in [2.05, 4.69) is 17.0 Å². The minimum atomic E-state index is 0.547. The van der Waals surface area contributed by atoms with Crippen LogP contribution in [-0.2, 0) is 18.9 Å². The molecule has 1 fully saturated rings. The molecule has 35 heavy (non-hydrogen) atoms. The molecule has 1 aliphatic rings. The maximum absolute atomic E-state index is 6.01. The average Bonchev–Trinajstić information content (AvgIpc) is 2.84. The second-order valence-corrected chi connectivity index (χ2v) is 8.36. The van der Waals surface area contributed by atoms with Crippen molar-refractivity contribution in [1.82, 2.24) is 0 Å². The van der Waals surface area contributed by atoms with Crippen LogP contribution < -0.4 is 11.6 Å². The predicted octanol–water partition coefficient (Wildman–Crippen LogP) is 5.00. The van der Waals surface area contributed by atoms with E-state index in [9.17, 15) is 0 Å². The van der Waals surface area contributed by atoms with Gasteiger partial charge in [-0.05, 0) is 32.1 Å². The molecule has 0 aromatic carbocycles. The van der Waals surface area contributed by atoms with Crippen molar-refractivity contribution in [2.45, 2.75) is 91.4 Å². The summed E-state index contributed by atoms with van der Waals surface area (Å²) in [6.07, 6.45) is 14.6. The van der Waals surface area contributed by atoms with Gasteiger partial charge in [0, 0.05) is 18.3 Å². The second-order valence-electron chi connectivity index (χ2n) is 8.36. The molecular weight excluding hydrogens is 444 g/mol. The topological polar surface area (TPSA) is 114 Å². The quantitative estimate of drug-likeness (QED) is 0.0887. The van der Waals surface area contributed by atoms with Gasteiger partial charge in [-0.1, -0.05) is 58.4 Å². The number of nitrogens with two attached hydrogens (primary N) is 2. The molecular formula is C27H54N4O4. The van der Waals surface area contributed by atoms with Gasteiger partial charge in [0.1, 0.15) is 0 Å². The van der Waals surface area contributed by atoms with Crippen LogP contribution >= 0.6 is 0 Å². The summed E-state index contributed by atoms with van der Waals surface area (Å²) in [4.78, 5) is 4.34. The lowest BCUT2D eigenvalue weighted by molar-refractivity contribution is -0.000668. The van der Waals surface area contributed by atoms with Crippen LogP contribution in [0.15, 0.2) is 21.4 Å². The summed E-state index contributed by atoms with van der Waals surface area (Å²) in [5, 5.41) is 3.82. The zero-order chi connectivity index (χ0) is 25.8. The van der Waals surface area contributed by atoms with Crippen molar-refractivity contribution in [3.8, 4) is 0 Å². The maximum atomic E-state index is 6.01. The van der Waals surface area contributed by atoms with Gasteiger partial charge in [-0.25, -0.2) is 0 Å². The van der Waals surface area contributed by atoms with Crippen LogP contribution in [-0.4, -0.2) is 71.3 Å². The summed E-state index contributed by atoms with van der Waals surface area (Å²) in [5.74, 6) is 5.45. The third kappa shape index (κ3) is 21.5. The Morgan fingerprint density at radius 1 is 0.771 bits per heavy atom. The molecule has 0 unspecified atom stereocenters. The summed E-state index contributed by atoms with van der Waals surface area (Å²) in [6.45, 7) is 11.4. The molecule has 4 N–H and O–H groups in total. The minimum absolute atomic E-state index is 0.547. The molecule has 1 aliphatic carbocycles. The van der Waals surface area contributed by atoms with Crippen molar-refractivity contribution in [3.63, 3.8) is 0 Å². The van der Waals surface area contributed by atoms with Crippen molar-refractivity contribution < 1.29 is 18.9 Å². The molecule has 0 aliphatic heterocycles. The molecule has 0 amide bonds. The highest BCUT2D eigenvalue weighted by Gasteiger charge is 2.11. The van der Waals surface area contributed by atoms with Crippen molar-refractivity contribution >= 4 is 11.9 Å². The fourth-order valence-corrected chi connectivity index (χ4v) is 3.33. The van der Waals surface area contributed by atoms with Crippen molar-refractivity contribution in [2.24, 2.45) is 21.7 Å². The van der Waals surface area contributed by atoms with Gasteiger partial charge in [-0.2, -0.15) is 5.10 Å². The summed E-state index contributed by atoms with van der Waals surface area (Å²) >= 11 is 0. The monoisotopic (exact) mass is 498 g/mol. The Kier molecular flexibility index (Phi) is 26.0. The van der Waals surface area contributed by atoms with Crippen molar-refractivity contribution in [2.75, 3.05) is 59.4 Å². The van der Waals surface area contributed by atoms with E-state index >= 15 is 0 Å². The molecule has 206 valence electrons. The van der Waals surface area contributed by atoms with Crippen molar-refractivity contribution in [1.29, 1.82) is 0 Å². The molecule has 0 bridgehead atoms. The van der Waals surface area contributed by atoms with Crippen LogP contribution in [0.5, 0.6) is 0 Å². The summed E-state index contributed by atoms with van der Waals surface area (Å²) in [6, 6.07) is 0. The predicted molar refractivity (Wildman–Crippen MR) is 147 cm³/mol. The Balaban J connectivity index is 0.00000562. The van der Waals surface area contributed by atoms with E-state index in [1.807, 2.05) is 13.8 Å². The smallest absolute Gasteiger partial charge is 0.0778 e. The molecule has 0 spiro atoms. The summed E-state index contributed by atoms with van der Waals surface area (Å²) < 4.78 is 22.1. The molecule has 1 saturated carbocycles. The van der Waals surface area contributed by atoms with Gasteiger partial charge < -0.3 is 30.5 Å². The van der Waals surface area contributed by atoms with E-state index in [0.717, 1.165) is 43.5 Å². The van der Waals surface area contributed by atoms with Crippen LogP contribution in [0.3, 0.4) is 0 Å². The number of rotatable bonds is 23. The van der Waals surface area contributed by atoms with Crippen LogP contribution in [0, 0.1) is 0 Å². The second kappa shape index (κ2) is 27.1. The van der Waals surface area contributed by atoms with Gasteiger partial charge in [0.05, 0.1) is 65.1 Å². The van der Waals surface area contributed by atoms with E-state index in [0.29, 0.717) is 59.4 Å². The van der Waals surface area contributed by atoms with Gasteiger partial charge in [-0.3, -0.25) is 4.99 Å². The number of allylic oxidation sites excluding steroid dienone is 1. The largest absolute Gasteiger partial charge is 0.402 e. The van der Waals surface area contributed by atoms with Gasteiger partial charge >= 0.3 is 0 Å². The van der Waals surface area contributed by atoms with E-state index < -0.39 is 0 Å². The van der Waals surface area contributed by atoms with Gasteiger partial charge in [-0.15, -0.1) is 0 Å². The molecule has 0 radical (unpaired) electrons. The van der Waals surface area contributed by atoms with E-state index in [-0.39, 0.29) is 0 Å². The van der Waals surface area contributed by atoms with Crippen LogP contribution in [0.25, 0.3) is 0 Å². The average molecular weight is 499 g/mol. The first-order chi connectivity index (χ1) is 17.3. The Morgan fingerprint density at radius 3 is 1.86 bits per heavy atom. The van der Waals surface area contributed by atoms with Crippen LogP contribution in [0.1, 0.15) is 91.4 Å². The number of ether oxygens (including phenoxy) is 4. The molecule has 1 rings (SSSR count). The lowest BCUT2D eigenvalue weighted by Crippen LogP contribution is -2.14. The fraction of sp³-hybridized carbons (Fsp3) is 0.852. The Bertz CT molecular complexity index is 547. The van der Waals surface area contributed by atoms with Gasteiger partial charge in [0.2, 0.25) is 0 Å². The lowest BCUT2D eigenvalue weighted by Gasteiger charge is -2.19. The third-order valence-corrected chi connectivity index (χ3v) is 5.60. The van der Waals surface area contributed by atoms with Crippen LogP contribution in [0.2, 0.25) is 0 Å². The van der Waals surface area contributed by atoms with E-state index in [4.69, 9.17) is 30.5 Å². The first-order valence-corrected chi connectivity index (χ1v) is 13.8. The normalized spacial score (nSPS) is 13.6. The number of nitrogens with zero attached hydrogens (tertiary/aromatic N) is 2. The summed E-state index contributed by atoms with van der Waals surface area (Å²) in [5.41, 5.74) is 9.29. The standard InChI is InChI=1S/C25H48N4O4.C2H6/c1-2-3-4-5-6-7-11-24(29-27)22-28-13-15-31-17-19-33-21-20-32-18-16-30-14-12-25(26)23-9-8-10-23;1-2/h22H,2-21,26-27H2,1H3;1-2H3/b28-22?,29-24-;. The Hall–Kier alpha value is -1.48. The van der Waals surface area contributed by atoms with E-state index in [1.165, 1.54) is 44.1 Å². The highest BCUT2D eigenvalue weighted by Crippen LogP contribution is 2.27. The van der Waals surface area contributed by atoms with Gasteiger partial charge in [0.15, 0.2) is 0 Å². The number of aliphatic imine (C=N–C) groups is 1. The zero-order valence-electron chi connectivity index (χ0n) is 22.9. The molecule has 0 heterocycles. The number of hydrogen-bond donors (Lipinski definition) is 2. The Morgan fingerprint density at radius 2 is 1.31 bits per heavy atom. The first kappa shape index (κ1) is 33.5. The fourth-order valence-electron chi connectivity index (χ4n) is 3.33. The minimum Gasteiger partial charge on any atom is -0.402 e. The van der Waals surface area contributed by atoms with Gasteiger partial charge in [0.25, 0.3) is 0 Å². The van der Waals surface area contributed by atoms with Crippen LogP contribution in [0.4, 0.5) is 0 Å². The molecule has 0 aromatic heterocycles. The SMILES string of the molecule is CC.CCCCCCCC/C(C=NCCOCCOCCOCCOCCC(N)=C1CCC1)=N/N. The first-order valence-electron chi connectivity index (χ1n) is 13.8. The van der Waals surface area contributed by atoms with E-state index in [1.54, 1.807) is 6.21 Å². The zero-order valence-corrected chi connectivity index (χ0v) is 22.9. The molecule has 0 atom stereocenters. The highest BCUT2D eigenvalue weighted by molar-refractivity contribution is 6.30. The Labute approximate surface area is 214 Å². The maximum Gasteiger partial charge on any atom is 0.0778 e. The molecule has 8 heteroatoms. The highest BCUT2D eigenvalue weighted by atomic mass is 16.6. The summed E-state index contributed by atoms with van der Waals surface area (Å²) in [7, 11) is 0. The lowest BCUT2D eigenvalue weighted by atomic mass is 9.90. The number of hydrogen-bond acceptors (Lipinski definition) is 8. The molecule has 0 aromatic rings. The number of hydrazone groups is 1. The molecule has 8 nitrogen and oxygen atoms in total. The number of unbranched alkanes of at least 4 members (excludes halogenated alkanes) is 5. The third-order valence-electron chi connectivity index (χ3n) is 5.60. The molecule has 0 saturated heterocycles.